The lowest BCUT2D eigenvalue weighted by Gasteiger charge is -2.26. The molecule has 1 heterocycles. The van der Waals surface area contributed by atoms with E-state index in [4.69, 9.17) is 0 Å². The molecule has 1 atom stereocenters. The summed E-state index contributed by atoms with van der Waals surface area (Å²) in [6, 6.07) is 4.13. The molecule has 22 heavy (non-hydrogen) atoms. The van der Waals surface area contributed by atoms with Crippen LogP contribution in [0.2, 0.25) is 0 Å². The van der Waals surface area contributed by atoms with Gasteiger partial charge < -0.3 is 19.9 Å². The number of hydrogen-bond donors (Lipinski definition) is 1. The first-order chi connectivity index (χ1) is 10.3. The van der Waals surface area contributed by atoms with Crippen molar-refractivity contribution >= 4 is 17.7 Å². The number of halogens is 1. The highest BCUT2D eigenvalue weighted by Gasteiger charge is 2.41. The normalized spacial score (nSPS) is 18.0. The maximum absolute atomic E-state index is 13.0. The van der Waals surface area contributed by atoms with Crippen LogP contribution in [0.3, 0.4) is 0 Å². The van der Waals surface area contributed by atoms with Crippen molar-refractivity contribution in [1.29, 1.82) is 0 Å². The summed E-state index contributed by atoms with van der Waals surface area (Å²) in [5, 5.41) is 20.5. The van der Waals surface area contributed by atoms with E-state index in [1.165, 1.54) is 19.1 Å². The summed E-state index contributed by atoms with van der Waals surface area (Å²) >= 11 is 0. The lowest BCUT2D eigenvalue weighted by atomic mass is 9.96. The Balaban J connectivity index is 2.45. The number of ketones is 1. The zero-order chi connectivity index (χ0) is 16.4. The van der Waals surface area contributed by atoms with Gasteiger partial charge in [-0.3, -0.25) is 9.59 Å². The van der Waals surface area contributed by atoms with Crippen molar-refractivity contribution in [2.45, 2.75) is 19.4 Å². The van der Waals surface area contributed by atoms with E-state index in [0.717, 1.165) is 17.0 Å². The Bertz CT molecular complexity index is 665. The Labute approximate surface area is 125 Å². The molecule has 0 bridgehead atoms. The summed E-state index contributed by atoms with van der Waals surface area (Å²) in [7, 11) is 0. The number of rotatable bonds is 5. The SMILES string of the molecule is CC(=O)C1=C(O)C(=O)N(CCC(=O)[O-])[C@@H]1c1ccc(F)cc1. The molecule has 1 amide bonds. The smallest absolute Gasteiger partial charge is 0.290 e. The molecule has 1 aliphatic heterocycles. The number of carbonyl (C=O) groups is 3. The van der Waals surface area contributed by atoms with Gasteiger partial charge in [0.25, 0.3) is 5.91 Å². The molecule has 1 N–H and O–H groups in total. The van der Waals surface area contributed by atoms with Crippen molar-refractivity contribution in [3.63, 3.8) is 0 Å². The van der Waals surface area contributed by atoms with E-state index in [1.54, 1.807) is 0 Å². The molecule has 0 aliphatic carbocycles. The molecule has 1 aromatic carbocycles. The molecular weight excluding hydrogens is 293 g/mol. The van der Waals surface area contributed by atoms with Gasteiger partial charge in [0, 0.05) is 18.9 Å². The van der Waals surface area contributed by atoms with Crippen LogP contribution in [0.4, 0.5) is 4.39 Å². The second-order valence-corrected chi connectivity index (χ2v) is 4.89. The predicted molar refractivity (Wildman–Crippen MR) is 70.8 cm³/mol. The van der Waals surface area contributed by atoms with E-state index in [9.17, 15) is 29.0 Å². The second-order valence-electron chi connectivity index (χ2n) is 4.89. The van der Waals surface area contributed by atoms with Gasteiger partial charge in [0.1, 0.15) is 5.82 Å². The highest BCUT2D eigenvalue weighted by Crippen LogP contribution is 2.37. The summed E-state index contributed by atoms with van der Waals surface area (Å²) in [4.78, 5) is 35.5. The number of amides is 1. The van der Waals surface area contributed by atoms with Crippen molar-refractivity contribution in [2.24, 2.45) is 0 Å². The van der Waals surface area contributed by atoms with Gasteiger partial charge in [-0.05, 0) is 24.6 Å². The number of aliphatic carboxylic acids is 1. The number of benzene rings is 1. The van der Waals surface area contributed by atoms with Gasteiger partial charge in [-0.25, -0.2) is 4.39 Å². The molecule has 0 spiro atoms. The number of carboxylic acid groups (broad SMARTS) is 1. The number of aliphatic hydroxyl groups excluding tert-OH is 1. The average Bonchev–Trinajstić information content (AvgIpc) is 2.70. The van der Waals surface area contributed by atoms with Gasteiger partial charge in [0.15, 0.2) is 11.5 Å². The van der Waals surface area contributed by atoms with Gasteiger partial charge >= 0.3 is 0 Å². The number of Topliss-reactive ketones (excluding diaryl/α,β-unsaturated/α-hetero) is 1. The van der Waals surface area contributed by atoms with Crippen molar-refractivity contribution in [3.05, 3.63) is 47.0 Å². The number of carboxylic acids is 1. The molecule has 0 saturated carbocycles. The average molecular weight is 306 g/mol. The molecule has 0 radical (unpaired) electrons. The molecule has 1 aliphatic rings. The molecule has 7 heteroatoms. The molecule has 0 unspecified atom stereocenters. The summed E-state index contributed by atoms with van der Waals surface area (Å²) in [6.07, 6.45) is -0.443. The third-order valence-corrected chi connectivity index (χ3v) is 3.43. The van der Waals surface area contributed by atoms with E-state index in [-0.39, 0.29) is 12.1 Å². The standard InChI is InChI=1S/C15H14FNO5/c1-8(18)12-13(9-2-4-10(16)5-3-9)17(7-6-11(19)20)15(22)14(12)21/h2-5,13,21H,6-7H2,1H3,(H,19,20)/p-1/t13-/m1/s1. The molecular formula is C15H13FNO5-. The highest BCUT2D eigenvalue weighted by molar-refractivity contribution is 6.08. The minimum Gasteiger partial charge on any atom is -0.550 e. The fourth-order valence-corrected chi connectivity index (χ4v) is 2.45. The van der Waals surface area contributed by atoms with Crippen molar-refractivity contribution in [3.8, 4) is 0 Å². The van der Waals surface area contributed by atoms with E-state index in [1.807, 2.05) is 0 Å². The van der Waals surface area contributed by atoms with Crippen LogP contribution in [0.15, 0.2) is 35.6 Å². The van der Waals surface area contributed by atoms with Crippen LogP contribution in [0.25, 0.3) is 0 Å². The van der Waals surface area contributed by atoms with Gasteiger partial charge in [0.05, 0.1) is 11.6 Å². The fraction of sp³-hybridized carbons (Fsp3) is 0.267. The Morgan fingerprint density at radius 3 is 2.41 bits per heavy atom. The number of nitrogens with zero attached hydrogens (tertiary/aromatic N) is 1. The largest absolute Gasteiger partial charge is 0.550 e. The summed E-state index contributed by atoms with van der Waals surface area (Å²) in [5.74, 6) is -3.91. The lowest BCUT2D eigenvalue weighted by Crippen LogP contribution is -2.35. The highest BCUT2D eigenvalue weighted by atomic mass is 19.1. The summed E-state index contributed by atoms with van der Waals surface area (Å²) in [5.41, 5.74) is 0.275. The Morgan fingerprint density at radius 1 is 1.32 bits per heavy atom. The molecule has 0 fully saturated rings. The van der Waals surface area contributed by atoms with Crippen LogP contribution in [0.1, 0.15) is 24.9 Å². The van der Waals surface area contributed by atoms with Gasteiger partial charge in [0.2, 0.25) is 0 Å². The quantitative estimate of drug-likeness (QED) is 0.841. The van der Waals surface area contributed by atoms with Crippen molar-refractivity contribution in [2.75, 3.05) is 6.54 Å². The van der Waals surface area contributed by atoms with Gasteiger partial charge in [-0.2, -0.15) is 0 Å². The summed E-state index contributed by atoms with van der Waals surface area (Å²) in [6.45, 7) is 0.960. The lowest BCUT2D eigenvalue weighted by molar-refractivity contribution is -0.305. The topological polar surface area (TPSA) is 97.7 Å². The zero-order valence-electron chi connectivity index (χ0n) is 11.7. The van der Waals surface area contributed by atoms with Crippen LogP contribution < -0.4 is 5.11 Å². The Morgan fingerprint density at radius 2 is 1.91 bits per heavy atom. The van der Waals surface area contributed by atoms with Crippen LogP contribution >= 0.6 is 0 Å². The van der Waals surface area contributed by atoms with Crippen LogP contribution in [-0.2, 0) is 14.4 Å². The molecule has 0 saturated heterocycles. The number of carbonyl (C=O) groups excluding carboxylic acids is 3. The molecule has 1 aromatic rings. The van der Waals surface area contributed by atoms with Crippen LogP contribution in [-0.4, -0.2) is 34.2 Å². The summed E-state index contributed by atoms with van der Waals surface area (Å²) < 4.78 is 13.0. The third-order valence-electron chi connectivity index (χ3n) is 3.43. The van der Waals surface area contributed by atoms with E-state index in [2.05, 4.69) is 0 Å². The second kappa shape index (κ2) is 5.97. The Kier molecular flexibility index (Phi) is 4.25. The monoisotopic (exact) mass is 306 g/mol. The minimum atomic E-state index is -1.36. The fourth-order valence-electron chi connectivity index (χ4n) is 2.45. The predicted octanol–water partition coefficient (Wildman–Crippen LogP) is 0.250. The number of aliphatic hydroxyl groups is 1. The van der Waals surface area contributed by atoms with Crippen molar-refractivity contribution in [1.82, 2.24) is 4.90 Å². The first-order valence-electron chi connectivity index (χ1n) is 6.53. The Hall–Kier alpha value is -2.70. The van der Waals surface area contributed by atoms with E-state index in [0.29, 0.717) is 5.56 Å². The van der Waals surface area contributed by atoms with E-state index < -0.39 is 41.7 Å². The number of hydrogen-bond acceptors (Lipinski definition) is 5. The maximum Gasteiger partial charge on any atom is 0.290 e. The first kappa shape index (κ1) is 15.7. The van der Waals surface area contributed by atoms with Gasteiger partial charge in [-0.15, -0.1) is 0 Å². The molecule has 0 aromatic heterocycles. The molecule has 2 rings (SSSR count). The molecule has 116 valence electrons. The molecule has 6 nitrogen and oxygen atoms in total. The van der Waals surface area contributed by atoms with Gasteiger partial charge in [-0.1, -0.05) is 12.1 Å². The minimum absolute atomic E-state index is 0.130. The third kappa shape index (κ3) is 2.83. The van der Waals surface area contributed by atoms with Crippen molar-refractivity contribution < 1.29 is 29.0 Å². The van der Waals surface area contributed by atoms with Crippen LogP contribution in [0, 0.1) is 5.82 Å². The first-order valence-corrected chi connectivity index (χ1v) is 6.53. The zero-order valence-corrected chi connectivity index (χ0v) is 11.7. The van der Waals surface area contributed by atoms with Crippen LogP contribution in [0.5, 0.6) is 0 Å². The maximum atomic E-state index is 13.0. The van der Waals surface area contributed by atoms with E-state index >= 15 is 0 Å².